The van der Waals surface area contributed by atoms with Crippen LogP contribution in [0.1, 0.15) is 44.9 Å². The van der Waals surface area contributed by atoms with Gasteiger partial charge in [0.05, 0.1) is 25.6 Å². The molecule has 1 aliphatic rings. The number of amides is 2. The highest BCUT2D eigenvalue weighted by atomic mass is 16.5. The number of ether oxygens (including phenoxy) is 2. The highest BCUT2D eigenvalue weighted by molar-refractivity contribution is 6.06. The molecule has 1 aromatic heterocycles. The van der Waals surface area contributed by atoms with E-state index in [1.165, 1.54) is 14.2 Å². The maximum absolute atomic E-state index is 13.0. The van der Waals surface area contributed by atoms with Gasteiger partial charge >= 0.3 is 0 Å². The fourth-order valence-corrected chi connectivity index (χ4v) is 3.48. The van der Waals surface area contributed by atoms with Gasteiger partial charge in [0, 0.05) is 25.2 Å². The van der Waals surface area contributed by atoms with Gasteiger partial charge in [-0.2, -0.15) is 5.10 Å². The van der Waals surface area contributed by atoms with Crippen molar-refractivity contribution in [3.05, 3.63) is 34.6 Å². The third kappa shape index (κ3) is 3.47. The number of aromatic nitrogens is 2. The van der Waals surface area contributed by atoms with Crippen molar-refractivity contribution in [1.82, 2.24) is 15.1 Å². The summed E-state index contributed by atoms with van der Waals surface area (Å²) in [6.07, 6.45) is 3.86. The van der Waals surface area contributed by atoms with E-state index in [4.69, 9.17) is 9.47 Å². The van der Waals surface area contributed by atoms with Gasteiger partial charge in [-0.3, -0.25) is 14.3 Å². The van der Waals surface area contributed by atoms with Crippen molar-refractivity contribution in [2.24, 2.45) is 7.05 Å². The number of methoxy groups -OCH3 is 2. The van der Waals surface area contributed by atoms with E-state index in [9.17, 15) is 9.59 Å². The number of benzene rings is 1. The van der Waals surface area contributed by atoms with Crippen LogP contribution in [-0.2, 0) is 19.9 Å². The zero-order valence-electron chi connectivity index (χ0n) is 16.0. The van der Waals surface area contributed by atoms with Crippen LogP contribution in [-0.4, -0.2) is 42.9 Å². The van der Waals surface area contributed by atoms with Crippen LogP contribution in [0.4, 0.5) is 5.69 Å². The van der Waals surface area contributed by atoms with Gasteiger partial charge in [0.25, 0.3) is 11.8 Å². The lowest BCUT2D eigenvalue weighted by Gasteiger charge is -2.16. The van der Waals surface area contributed by atoms with Crippen molar-refractivity contribution in [3.63, 3.8) is 0 Å². The lowest BCUT2D eigenvalue weighted by Crippen LogP contribution is -2.21. The zero-order valence-corrected chi connectivity index (χ0v) is 16.0. The number of nitrogens with zero attached hydrogens (tertiary/aromatic N) is 2. The summed E-state index contributed by atoms with van der Waals surface area (Å²) in [7, 11) is 6.28. The number of carbonyl (C=O) groups excluding carboxylic acids is 2. The molecule has 0 atom stereocenters. The van der Waals surface area contributed by atoms with Gasteiger partial charge in [-0.25, -0.2) is 0 Å². The summed E-state index contributed by atoms with van der Waals surface area (Å²) in [5, 5.41) is 9.92. The summed E-state index contributed by atoms with van der Waals surface area (Å²) in [6, 6.07) is 3.14. The number of carbonyl (C=O) groups is 2. The molecule has 1 heterocycles. The van der Waals surface area contributed by atoms with Gasteiger partial charge in [0.2, 0.25) is 0 Å². The van der Waals surface area contributed by atoms with E-state index in [0.29, 0.717) is 28.4 Å². The maximum atomic E-state index is 13.0. The van der Waals surface area contributed by atoms with Gasteiger partial charge < -0.3 is 20.1 Å². The van der Waals surface area contributed by atoms with Crippen molar-refractivity contribution in [2.75, 3.05) is 26.6 Å². The molecule has 8 nitrogen and oxygen atoms in total. The lowest BCUT2D eigenvalue weighted by atomic mass is 9.95. The van der Waals surface area contributed by atoms with Crippen LogP contribution < -0.4 is 20.1 Å². The molecular formula is C19H24N4O4. The average molecular weight is 372 g/mol. The van der Waals surface area contributed by atoms with Crippen molar-refractivity contribution in [1.29, 1.82) is 0 Å². The predicted molar refractivity (Wildman–Crippen MR) is 101 cm³/mol. The molecule has 0 radical (unpaired) electrons. The van der Waals surface area contributed by atoms with Crippen LogP contribution in [0, 0.1) is 0 Å². The third-order valence-electron chi connectivity index (χ3n) is 4.75. The van der Waals surface area contributed by atoms with Crippen molar-refractivity contribution < 1.29 is 19.1 Å². The Kier molecular flexibility index (Phi) is 5.34. The molecule has 0 bridgehead atoms. The smallest absolute Gasteiger partial charge is 0.274 e. The summed E-state index contributed by atoms with van der Waals surface area (Å²) in [4.78, 5) is 25.1. The van der Waals surface area contributed by atoms with Gasteiger partial charge in [0.15, 0.2) is 11.5 Å². The molecule has 8 heteroatoms. The molecule has 0 fully saturated rings. The Morgan fingerprint density at radius 1 is 1.11 bits per heavy atom. The van der Waals surface area contributed by atoms with Crippen LogP contribution in [0.25, 0.3) is 0 Å². The monoisotopic (exact) mass is 372 g/mol. The van der Waals surface area contributed by atoms with E-state index in [1.54, 1.807) is 30.9 Å². The molecule has 1 aliphatic carbocycles. The highest BCUT2D eigenvalue weighted by Gasteiger charge is 2.25. The summed E-state index contributed by atoms with van der Waals surface area (Å²) in [6.45, 7) is 0. The molecule has 0 saturated heterocycles. The van der Waals surface area contributed by atoms with E-state index in [-0.39, 0.29) is 11.8 Å². The van der Waals surface area contributed by atoms with E-state index in [2.05, 4.69) is 15.7 Å². The molecule has 0 spiro atoms. The summed E-state index contributed by atoms with van der Waals surface area (Å²) >= 11 is 0. The normalized spacial score (nSPS) is 12.9. The Balaban J connectivity index is 2.01. The quantitative estimate of drug-likeness (QED) is 0.836. The number of fused-ring (bicyclic) bond motifs is 1. The van der Waals surface area contributed by atoms with Gasteiger partial charge in [0.1, 0.15) is 5.69 Å². The minimum absolute atomic E-state index is 0.288. The van der Waals surface area contributed by atoms with Crippen molar-refractivity contribution in [2.45, 2.75) is 25.7 Å². The first-order valence-corrected chi connectivity index (χ1v) is 8.84. The summed E-state index contributed by atoms with van der Waals surface area (Å²) in [5.74, 6) is 0.141. The topological polar surface area (TPSA) is 94.5 Å². The number of rotatable bonds is 5. The predicted octanol–water partition coefficient (Wildman–Crippen LogP) is 1.93. The molecule has 2 N–H and O–H groups in total. The molecule has 144 valence electrons. The van der Waals surface area contributed by atoms with Gasteiger partial charge in [-0.15, -0.1) is 0 Å². The van der Waals surface area contributed by atoms with Crippen LogP contribution in [0.3, 0.4) is 0 Å². The minimum Gasteiger partial charge on any atom is -0.493 e. The molecule has 0 unspecified atom stereocenters. The highest BCUT2D eigenvalue weighted by Crippen LogP contribution is 2.37. The Labute approximate surface area is 157 Å². The standard InChI is InChI=1S/C19H24N4O4/c1-20-18(24)11-9-14(17(27-4)15(10-11)26-3)21-19(25)16-12-7-5-6-8-13(12)22-23(16)2/h9-10H,5-8H2,1-4H3,(H,20,24)(H,21,25). The Hall–Kier alpha value is -3.03. The number of nitrogens with one attached hydrogen (secondary N) is 2. The van der Waals surface area contributed by atoms with Crippen molar-refractivity contribution >= 4 is 17.5 Å². The van der Waals surface area contributed by atoms with E-state index < -0.39 is 0 Å². The first-order valence-electron chi connectivity index (χ1n) is 8.84. The third-order valence-corrected chi connectivity index (χ3v) is 4.75. The fourth-order valence-electron chi connectivity index (χ4n) is 3.48. The number of hydrogen-bond acceptors (Lipinski definition) is 5. The molecular weight excluding hydrogens is 348 g/mol. The number of hydrogen-bond donors (Lipinski definition) is 2. The Bertz CT molecular complexity index is 888. The molecule has 0 saturated carbocycles. The van der Waals surface area contributed by atoms with Gasteiger partial charge in [-0.05, 0) is 37.8 Å². The first kappa shape index (κ1) is 18.8. The molecule has 0 aliphatic heterocycles. The summed E-state index contributed by atoms with van der Waals surface area (Å²) in [5.41, 5.74) is 3.24. The fraction of sp³-hybridized carbons (Fsp3) is 0.421. The SMILES string of the molecule is CNC(=O)c1cc(NC(=O)c2c3c(nn2C)CCCC3)c(OC)c(OC)c1. The second kappa shape index (κ2) is 7.69. The van der Waals surface area contributed by atoms with Crippen LogP contribution >= 0.6 is 0 Å². The second-order valence-corrected chi connectivity index (χ2v) is 6.40. The number of aryl methyl sites for hydroxylation is 2. The Morgan fingerprint density at radius 2 is 1.85 bits per heavy atom. The van der Waals surface area contributed by atoms with E-state index in [0.717, 1.165) is 36.9 Å². The minimum atomic E-state index is -0.289. The lowest BCUT2D eigenvalue weighted by molar-refractivity contribution is 0.0960. The van der Waals surface area contributed by atoms with Crippen LogP contribution in [0.5, 0.6) is 11.5 Å². The molecule has 2 aromatic rings. The number of anilines is 1. The first-order chi connectivity index (χ1) is 13.0. The zero-order chi connectivity index (χ0) is 19.6. The van der Waals surface area contributed by atoms with Crippen LogP contribution in [0.15, 0.2) is 12.1 Å². The van der Waals surface area contributed by atoms with Crippen molar-refractivity contribution in [3.8, 4) is 11.5 Å². The average Bonchev–Trinajstić information content (AvgIpc) is 3.02. The molecule has 2 amide bonds. The Morgan fingerprint density at radius 3 is 2.52 bits per heavy atom. The summed E-state index contributed by atoms with van der Waals surface area (Å²) < 4.78 is 12.4. The molecule has 3 rings (SSSR count). The van der Waals surface area contributed by atoms with E-state index in [1.807, 2.05) is 0 Å². The van der Waals surface area contributed by atoms with Crippen LogP contribution in [0.2, 0.25) is 0 Å². The molecule has 27 heavy (non-hydrogen) atoms. The van der Waals surface area contributed by atoms with Gasteiger partial charge in [-0.1, -0.05) is 0 Å². The largest absolute Gasteiger partial charge is 0.493 e. The maximum Gasteiger partial charge on any atom is 0.274 e. The molecule has 1 aromatic carbocycles. The second-order valence-electron chi connectivity index (χ2n) is 6.40. The van der Waals surface area contributed by atoms with E-state index >= 15 is 0 Å².